The fraction of sp³-hybridized carbons (Fsp3) is 0.0526. The zero-order valence-electron chi connectivity index (χ0n) is 12.8. The van der Waals surface area contributed by atoms with E-state index in [0.717, 1.165) is 22.5 Å². The number of carboxylic acids is 1. The standard InChI is InChI=1S/C19H16N2O2/c1-4-6-14(5-2)18-13(3)21(12-16(18)11-20)17-9-7-15(8-10-17)19(22)23/h4-10,12H,1-2H2,3H3,(H,22,23)/b14-6+. The number of carboxylic acid groups (broad SMARTS) is 1. The molecule has 0 amide bonds. The largest absolute Gasteiger partial charge is 0.478 e. The minimum Gasteiger partial charge on any atom is -0.478 e. The summed E-state index contributed by atoms with van der Waals surface area (Å²) >= 11 is 0. The Bertz CT molecular complexity index is 847. The van der Waals surface area contributed by atoms with Gasteiger partial charge in [-0.25, -0.2) is 4.79 Å². The first-order valence-electron chi connectivity index (χ1n) is 6.94. The van der Waals surface area contributed by atoms with Crippen LogP contribution in [0.25, 0.3) is 11.3 Å². The molecule has 0 aliphatic carbocycles. The van der Waals surface area contributed by atoms with Gasteiger partial charge >= 0.3 is 5.97 Å². The Labute approximate surface area is 134 Å². The molecule has 0 radical (unpaired) electrons. The molecule has 0 saturated heterocycles. The lowest BCUT2D eigenvalue weighted by Gasteiger charge is -2.08. The molecular weight excluding hydrogens is 288 g/mol. The predicted octanol–water partition coefficient (Wildman–Crippen LogP) is 4.11. The molecular formula is C19H16N2O2. The van der Waals surface area contributed by atoms with Gasteiger partial charge in [0, 0.05) is 23.1 Å². The normalized spacial score (nSPS) is 10.9. The van der Waals surface area contributed by atoms with Crippen molar-refractivity contribution in [1.29, 1.82) is 5.26 Å². The summed E-state index contributed by atoms with van der Waals surface area (Å²) < 4.78 is 1.86. The van der Waals surface area contributed by atoms with Gasteiger partial charge in [-0.2, -0.15) is 5.26 Å². The third-order valence-corrected chi connectivity index (χ3v) is 3.57. The van der Waals surface area contributed by atoms with Gasteiger partial charge < -0.3 is 9.67 Å². The van der Waals surface area contributed by atoms with Gasteiger partial charge in [-0.3, -0.25) is 0 Å². The highest BCUT2D eigenvalue weighted by Gasteiger charge is 2.15. The van der Waals surface area contributed by atoms with Crippen LogP contribution in [0.5, 0.6) is 0 Å². The first kappa shape index (κ1) is 16.1. The molecule has 0 saturated carbocycles. The third kappa shape index (κ3) is 2.99. The number of nitriles is 1. The molecule has 1 aromatic heterocycles. The zero-order valence-corrected chi connectivity index (χ0v) is 12.8. The van der Waals surface area contributed by atoms with Crippen LogP contribution in [0, 0.1) is 18.3 Å². The highest BCUT2D eigenvalue weighted by atomic mass is 16.4. The van der Waals surface area contributed by atoms with Crippen molar-refractivity contribution >= 4 is 11.5 Å². The number of allylic oxidation sites excluding steroid dienone is 4. The molecule has 23 heavy (non-hydrogen) atoms. The van der Waals surface area contributed by atoms with Gasteiger partial charge in [-0.1, -0.05) is 31.4 Å². The van der Waals surface area contributed by atoms with Gasteiger partial charge in [0.15, 0.2) is 0 Å². The molecule has 0 spiro atoms. The summed E-state index contributed by atoms with van der Waals surface area (Å²) in [5, 5.41) is 18.4. The molecule has 1 N–H and O–H groups in total. The van der Waals surface area contributed by atoms with Gasteiger partial charge in [-0.05, 0) is 36.8 Å². The quantitative estimate of drug-likeness (QED) is 0.845. The highest BCUT2D eigenvalue weighted by Crippen LogP contribution is 2.28. The number of nitrogens with zero attached hydrogens (tertiary/aromatic N) is 2. The molecule has 2 aromatic rings. The number of aromatic carboxylic acids is 1. The first-order valence-corrected chi connectivity index (χ1v) is 6.94. The van der Waals surface area contributed by atoms with Crippen LogP contribution in [0.1, 0.15) is 27.2 Å². The zero-order chi connectivity index (χ0) is 17.0. The second-order valence-electron chi connectivity index (χ2n) is 4.90. The van der Waals surface area contributed by atoms with Gasteiger partial charge in [0.1, 0.15) is 6.07 Å². The molecule has 1 aromatic carbocycles. The van der Waals surface area contributed by atoms with Crippen molar-refractivity contribution in [2.75, 3.05) is 0 Å². The lowest BCUT2D eigenvalue weighted by atomic mass is 10.0. The number of carbonyl (C=O) groups is 1. The number of hydrogen-bond donors (Lipinski definition) is 1. The predicted molar refractivity (Wildman–Crippen MR) is 90.6 cm³/mol. The van der Waals surface area contributed by atoms with Crippen molar-refractivity contribution in [2.45, 2.75) is 6.92 Å². The van der Waals surface area contributed by atoms with Crippen LogP contribution in [0.3, 0.4) is 0 Å². The van der Waals surface area contributed by atoms with Crippen LogP contribution in [-0.4, -0.2) is 15.6 Å². The molecule has 0 atom stereocenters. The molecule has 4 heteroatoms. The summed E-state index contributed by atoms with van der Waals surface area (Å²) in [6.07, 6.45) is 6.87. The first-order chi connectivity index (χ1) is 11.0. The fourth-order valence-electron chi connectivity index (χ4n) is 2.47. The maximum atomic E-state index is 10.9. The maximum absolute atomic E-state index is 10.9. The average Bonchev–Trinajstić information content (AvgIpc) is 2.89. The molecule has 2 rings (SSSR count). The van der Waals surface area contributed by atoms with E-state index in [0.29, 0.717) is 5.56 Å². The Kier molecular flexibility index (Phi) is 4.63. The average molecular weight is 304 g/mol. The number of rotatable bonds is 5. The van der Waals surface area contributed by atoms with E-state index < -0.39 is 5.97 Å². The van der Waals surface area contributed by atoms with Crippen molar-refractivity contribution in [2.24, 2.45) is 0 Å². The Morgan fingerprint density at radius 2 is 1.96 bits per heavy atom. The Hall–Kier alpha value is -3.32. The Morgan fingerprint density at radius 3 is 2.43 bits per heavy atom. The monoisotopic (exact) mass is 304 g/mol. The topological polar surface area (TPSA) is 66.0 Å². The summed E-state index contributed by atoms with van der Waals surface area (Å²) in [5.41, 5.74) is 4.02. The lowest BCUT2D eigenvalue weighted by molar-refractivity contribution is 0.0697. The van der Waals surface area contributed by atoms with Crippen molar-refractivity contribution in [3.8, 4) is 11.8 Å². The van der Waals surface area contributed by atoms with E-state index in [9.17, 15) is 10.1 Å². The molecule has 0 fully saturated rings. The van der Waals surface area contributed by atoms with Crippen LogP contribution in [-0.2, 0) is 0 Å². The lowest BCUT2D eigenvalue weighted by Crippen LogP contribution is -1.99. The molecule has 4 nitrogen and oxygen atoms in total. The molecule has 114 valence electrons. The van der Waals surface area contributed by atoms with Crippen LogP contribution in [0.2, 0.25) is 0 Å². The van der Waals surface area contributed by atoms with Crippen molar-refractivity contribution in [3.05, 3.63) is 84.2 Å². The Balaban J connectivity index is 2.62. The summed E-state index contributed by atoms with van der Waals surface area (Å²) in [6.45, 7) is 9.37. The van der Waals surface area contributed by atoms with E-state index in [1.54, 1.807) is 36.6 Å². The van der Waals surface area contributed by atoms with E-state index in [1.165, 1.54) is 12.1 Å². The van der Waals surface area contributed by atoms with Crippen LogP contribution in [0.4, 0.5) is 0 Å². The summed E-state index contributed by atoms with van der Waals surface area (Å²) in [6, 6.07) is 8.70. The smallest absolute Gasteiger partial charge is 0.335 e. The maximum Gasteiger partial charge on any atom is 0.335 e. The minimum absolute atomic E-state index is 0.220. The third-order valence-electron chi connectivity index (χ3n) is 3.57. The van der Waals surface area contributed by atoms with Gasteiger partial charge in [-0.15, -0.1) is 0 Å². The van der Waals surface area contributed by atoms with E-state index in [1.807, 2.05) is 11.5 Å². The molecule has 0 bridgehead atoms. The van der Waals surface area contributed by atoms with Crippen molar-refractivity contribution in [3.63, 3.8) is 0 Å². The minimum atomic E-state index is -0.970. The van der Waals surface area contributed by atoms with Crippen molar-refractivity contribution < 1.29 is 9.90 Å². The summed E-state index contributed by atoms with van der Waals surface area (Å²) in [7, 11) is 0. The van der Waals surface area contributed by atoms with Crippen LogP contribution >= 0.6 is 0 Å². The van der Waals surface area contributed by atoms with Gasteiger partial charge in [0.2, 0.25) is 0 Å². The number of benzene rings is 1. The highest BCUT2D eigenvalue weighted by molar-refractivity contribution is 5.87. The molecule has 0 unspecified atom stereocenters. The van der Waals surface area contributed by atoms with Gasteiger partial charge in [0.05, 0.1) is 11.1 Å². The second-order valence-corrected chi connectivity index (χ2v) is 4.90. The number of aromatic nitrogens is 1. The fourth-order valence-corrected chi connectivity index (χ4v) is 2.47. The van der Waals surface area contributed by atoms with Crippen LogP contribution < -0.4 is 0 Å². The molecule has 0 aliphatic rings. The van der Waals surface area contributed by atoms with E-state index in [-0.39, 0.29) is 5.56 Å². The number of hydrogen-bond acceptors (Lipinski definition) is 2. The van der Waals surface area contributed by atoms with Crippen LogP contribution in [0.15, 0.2) is 61.8 Å². The van der Waals surface area contributed by atoms with Crippen molar-refractivity contribution in [1.82, 2.24) is 4.57 Å². The Morgan fingerprint density at radius 1 is 1.30 bits per heavy atom. The van der Waals surface area contributed by atoms with E-state index in [2.05, 4.69) is 19.2 Å². The SMILES string of the molecule is C=C/C=C(\C=C)c1c(C#N)cn(-c2ccc(C(=O)O)cc2)c1C. The second kappa shape index (κ2) is 6.63. The van der Waals surface area contributed by atoms with E-state index in [4.69, 9.17) is 5.11 Å². The summed E-state index contributed by atoms with van der Waals surface area (Å²) in [4.78, 5) is 10.9. The summed E-state index contributed by atoms with van der Waals surface area (Å²) in [5.74, 6) is -0.970. The van der Waals surface area contributed by atoms with Gasteiger partial charge in [0.25, 0.3) is 0 Å². The van der Waals surface area contributed by atoms with E-state index >= 15 is 0 Å². The molecule has 0 aliphatic heterocycles. The molecule has 1 heterocycles.